The lowest BCUT2D eigenvalue weighted by molar-refractivity contribution is 0.0963. The zero-order chi connectivity index (χ0) is 14.4. The number of rotatable bonds is 6. The van der Waals surface area contributed by atoms with Crippen molar-refractivity contribution >= 4 is 23.2 Å². The van der Waals surface area contributed by atoms with E-state index in [0.717, 1.165) is 12.2 Å². The Labute approximate surface area is 119 Å². The van der Waals surface area contributed by atoms with Crippen molar-refractivity contribution in [1.82, 2.24) is 5.32 Å². The Morgan fingerprint density at radius 1 is 1.42 bits per heavy atom. The number of anilines is 1. The van der Waals surface area contributed by atoms with Crippen LogP contribution in [0.3, 0.4) is 0 Å². The molecule has 106 valence electrons. The summed E-state index contributed by atoms with van der Waals surface area (Å²) < 4.78 is 0. The van der Waals surface area contributed by atoms with Crippen molar-refractivity contribution in [1.29, 1.82) is 0 Å². The van der Waals surface area contributed by atoms with Crippen molar-refractivity contribution in [2.45, 2.75) is 13.8 Å². The number of carbonyl (C=O) groups excluding carboxylic acids is 1. The number of halogens is 1. The second-order valence-electron chi connectivity index (χ2n) is 4.89. The van der Waals surface area contributed by atoms with E-state index in [2.05, 4.69) is 24.5 Å². The van der Waals surface area contributed by atoms with E-state index in [9.17, 15) is 4.79 Å². The molecular weight excluding hydrogens is 262 g/mol. The minimum absolute atomic E-state index is 0.126. The predicted octanol–water partition coefficient (Wildman–Crippen LogP) is 2.34. The van der Waals surface area contributed by atoms with E-state index in [4.69, 9.17) is 17.3 Å². The first-order valence-corrected chi connectivity index (χ1v) is 6.83. The first kappa shape index (κ1) is 15.8. The lowest BCUT2D eigenvalue weighted by atomic mass is 9.96. The summed E-state index contributed by atoms with van der Waals surface area (Å²) in [6.45, 7) is 5.64. The normalized spacial score (nSPS) is 12.3. The van der Waals surface area contributed by atoms with E-state index < -0.39 is 0 Å². The van der Waals surface area contributed by atoms with E-state index in [-0.39, 0.29) is 5.91 Å². The molecule has 0 saturated heterocycles. The van der Waals surface area contributed by atoms with E-state index >= 15 is 0 Å². The fraction of sp³-hybridized carbons (Fsp3) is 0.500. The van der Waals surface area contributed by atoms with E-state index in [1.807, 2.05) is 0 Å². The van der Waals surface area contributed by atoms with Gasteiger partial charge in [0.15, 0.2) is 0 Å². The van der Waals surface area contributed by atoms with Crippen LogP contribution in [0.2, 0.25) is 5.02 Å². The fourth-order valence-corrected chi connectivity index (χ4v) is 1.96. The molecule has 0 aliphatic rings. The van der Waals surface area contributed by atoms with Crippen LogP contribution in [0, 0.1) is 11.8 Å². The second-order valence-corrected chi connectivity index (χ2v) is 5.30. The fourth-order valence-electron chi connectivity index (χ4n) is 1.78. The average molecular weight is 284 g/mol. The van der Waals surface area contributed by atoms with Crippen LogP contribution in [0.15, 0.2) is 18.2 Å². The van der Waals surface area contributed by atoms with Crippen LogP contribution < -0.4 is 16.4 Å². The molecule has 0 spiro atoms. The molecule has 0 heterocycles. The zero-order valence-corrected chi connectivity index (χ0v) is 12.4. The molecule has 1 aromatic carbocycles. The first-order chi connectivity index (χ1) is 8.99. The Balaban J connectivity index is 2.79. The maximum Gasteiger partial charge on any atom is 0.251 e. The van der Waals surface area contributed by atoms with Gasteiger partial charge in [0.05, 0.1) is 10.7 Å². The summed E-state index contributed by atoms with van der Waals surface area (Å²) in [5, 5.41) is 6.47. The topological polar surface area (TPSA) is 67.2 Å². The Morgan fingerprint density at radius 2 is 2.11 bits per heavy atom. The quantitative estimate of drug-likeness (QED) is 0.751. The Morgan fingerprint density at radius 3 is 2.63 bits per heavy atom. The number of nitrogens with one attached hydrogen (secondary N) is 2. The Hall–Kier alpha value is -1.26. The van der Waals surface area contributed by atoms with Gasteiger partial charge in [-0.1, -0.05) is 25.4 Å². The van der Waals surface area contributed by atoms with E-state index in [1.54, 1.807) is 25.2 Å². The summed E-state index contributed by atoms with van der Waals surface area (Å²) in [5.41, 5.74) is 7.09. The third-order valence-corrected chi connectivity index (χ3v) is 3.59. The highest BCUT2D eigenvalue weighted by atomic mass is 35.5. The molecule has 0 bridgehead atoms. The van der Waals surface area contributed by atoms with Gasteiger partial charge in [0.1, 0.15) is 0 Å². The van der Waals surface area contributed by atoms with Gasteiger partial charge in [0, 0.05) is 19.2 Å². The van der Waals surface area contributed by atoms with Crippen LogP contribution in [0.5, 0.6) is 0 Å². The summed E-state index contributed by atoms with van der Waals surface area (Å²) in [6, 6.07) is 5.19. The molecule has 5 heteroatoms. The smallest absolute Gasteiger partial charge is 0.251 e. The minimum atomic E-state index is -0.126. The van der Waals surface area contributed by atoms with Gasteiger partial charge in [-0.15, -0.1) is 0 Å². The molecule has 0 aliphatic carbocycles. The molecule has 0 radical (unpaired) electrons. The van der Waals surface area contributed by atoms with Crippen LogP contribution in [-0.4, -0.2) is 26.0 Å². The van der Waals surface area contributed by atoms with E-state index in [1.165, 1.54) is 0 Å². The highest BCUT2D eigenvalue weighted by Gasteiger charge is 2.13. The molecule has 1 unspecified atom stereocenters. The van der Waals surface area contributed by atoms with Gasteiger partial charge in [-0.25, -0.2) is 0 Å². The van der Waals surface area contributed by atoms with Gasteiger partial charge < -0.3 is 16.4 Å². The van der Waals surface area contributed by atoms with Gasteiger partial charge in [0.25, 0.3) is 5.91 Å². The highest BCUT2D eigenvalue weighted by Crippen LogP contribution is 2.24. The summed E-state index contributed by atoms with van der Waals surface area (Å²) in [5.74, 6) is 0.747. The summed E-state index contributed by atoms with van der Waals surface area (Å²) in [4.78, 5) is 11.6. The molecule has 4 nitrogen and oxygen atoms in total. The molecule has 1 aromatic rings. The van der Waals surface area contributed by atoms with Gasteiger partial charge in [-0.05, 0) is 36.6 Å². The largest absolute Gasteiger partial charge is 0.383 e. The number of hydrogen-bond acceptors (Lipinski definition) is 3. The maximum absolute atomic E-state index is 11.6. The molecule has 0 fully saturated rings. The van der Waals surface area contributed by atoms with Crippen molar-refractivity contribution in [3.8, 4) is 0 Å². The summed E-state index contributed by atoms with van der Waals surface area (Å²) in [6.07, 6.45) is 0. The molecule has 1 rings (SSSR count). The first-order valence-electron chi connectivity index (χ1n) is 6.45. The van der Waals surface area contributed by atoms with Gasteiger partial charge in [-0.3, -0.25) is 4.79 Å². The van der Waals surface area contributed by atoms with Crippen molar-refractivity contribution in [3.05, 3.63) is 28.8 Å². The molecular formula is C14H22ClN3O. The molecule has 1 amide bonds. The van der Waals surface area contributed by atoms with Crippen molar-refractivity contribution < 1.29 is 4.79 Å². The Kier molecular flexibility index (Phi) is 6.12. The monoisotopic (exact) mass is 283 g/mol. The molecule has 19 heavy (non-hydrogen) atoms. The molecule has 1 atom stereocenters. The third-order valence-electron chi connectivity index (χ3n) is 3.26. The SMILES string of the molecule is CNC(=O)c1ccc(Cl)c(NCC(CN)C(C)C)c1. The number of benzene rings is 1. The minimum Gasteiger partial charge on any atom is -0.383 e. The third kappa shape index (κ3) is 4.40. The van der Waals surface area contributed by atoms with Gasteiger partial charge in [-0.2, -0.15) is 0 Å². The standard InChI is InChI=1S/C14H22ClN3O/c1-9(2)11(7-16)8-18-13-6-10(14(19)17-3)4-5-12(13)15/h4-6,9,11,18H,7-8,16H2,1-3H3,(H,17,19). The summed E-state index contributed by atoms with van der Waals surface area (Å²) >= 11 is 6.12. The van der Waals surface area contributed by atoms with Crippen LogP contribution in [-0.2, 0) is 0 Å². The maximum atomic E-state index is 11.6. The van der Waals surface area contributed by atoms with Crippen LogP contribution in [0.4, 0.5) is 5.69 Å². The number of amides is 1. The number of hydrogen-bond donors (Lipinski definition) is 3. The lowest BCUT2D eigenvalue weighted by Gasteiger charge is -2.20. The average Bonchev–Trinajstić information content (AvgIpc) is 2.40. The number of nitrogens with two attached hydrogens (primary N) is 1. The Bertz CT molecular complexity index is 435. The predicted molar refractivity (Wildman–Crippen MR) is 80.7 cm³/mol. The van der Waals surface area contributed by atoms with Crippen molar-refractivity contribution in [3.63, 3.8) is 0 Å². The van der Waals surface area contributed by atoms with Crippen molar-refractivity contribution in [2.24, 2.45) is 17.6 Å². The van der Waals surface area contributed by atoms with Gasteiger partial charge >= 0.3 is 0 Å². The summed E-state index contributed by atoms with van der Waals surface area (Å²) in [7, 11) is 1.60. The van der Waals surface area contributed by atoms with Crippen LogP contribution >= 0.6 is 11.6 Å². The zero-order valence-electron chi connectivity index (χ0n) is 11.7. The number of carbonyl (C=O) groups is 1. The van der Waals surface area contributed by atoms with Gasteiger partial charge in [0.2, 0.25) is 0 Å². The van der Waals surface area contributed by atoms with Crippen LogP contribution in [0.25, 0.3) is 0 Å². The lowest BCUT2D eigenvalue weighted by Crippen LogP contribution is -2.27. The molecule has 4 N–H and O–H groups in total. The second kappa shape index (κ2) is 7.36. The molecule has 0 saturated carbocycles. The van der Waals surface area contributed by atoms with Crippen LogP contribution in [0.1, 0.15) is 24.2 Å². The molecule has 0 aromatic heterocycles. The molecule has 0 aliphatic heterocycles. The van der Waals surface area contributed by atoms with E-state index in [0.29, 0.717) is 29.0 Å². The van der Waals surface area contributed by atoms with Crippen molar-refractivity contribution in [2.75, 3.05) is 25.5 Å². The highest BCUT2D eigenvalue weighted by molar-refractivity contribution is 6.33.